The molecule has 0 aliphatic heterocycles. The van der Waals surface area contributed by atoms with E-state index in [9.17, 15) is 0 Å². The molecule has 2 rings (SSSR count). The molecule has 1 heteroatoms. The Morgan fingerprint density at radius 2 is 1.50 bits per heavy atom. The van der Waals surface area contributed by atoms with Crippen molar-refractivity contribution in [2.45, 2.75) is 77.2 Å². The van der Waals surface area contributed by atoms with Gasteiger partial charge in [0.1, 0.15) is 0 Å². The van der Waals surface area contributed by atoms with E-state index >= 15 is 0 Å². The summed E-state index contributed by atoms with van der Waals surface area (Å²) in [7, 11) is 0. The minimum Gasteiger partial charge on any atom is -0.327 e. The van der Waals surface area contributed by atoms with Gasteiger partial charge in [-0.05, 0) is 36.3 Å². The van der Waals surface area contributed by atoms with Crippen molar-refractivity contribution < 1.29 is 0 Å². The van der Waals surface area contributed by atoms with Crippen LogP contribution in [0.1, 0.15) is 69.4 Å². The molecule has 1 aliphatic rings. The first-order valence-corrected chi connectivity index (χ1v) is 8.63. The third kappa shape index (κ3) is 4.63. The highest BCUT2D eigenvalue weighted by atomic mass is 14.7. The summed E-state index contributed by atoms with van der Waals surface area (Å²) < 4.78 is 0. The molecule has 2 N–H and O–H groups in total. The first-order valence-electron chi connectivity index (χ1n) is 8.63. The highest BCUT2D eigenvalue weighted by Gasteiger charge is 2.25. The van der Waals surface area contributed by atoms with Gasteiger partial charge in [-0.2, -0.15) is 0 Å². The number of nitrogens with two attached hydrogens (primary N) is 1. The Morgan fingerprint density at radius 1 is 0.950 bits per heavy atom. The molecule has 0 saturated heterocycles. The molecule has 1 aromatic carbocycles. The maximum absolute atomic E-state index is 6.42. The Morgan fingerprint density at radius 3 is 2.10 bits per heavy atom. The third-order valence-corrected chi connectivity index (χ3v) is 4.83. The van der Waals surface area contributed by atoms with Crippen LogP contribution in [-0.2, 0) is 12.8 Å². The molecule has 0 spiro atoms. The van der Waals surface area contributed by atoms with E-state index in [1.807, 2.05) is 0 Å². The van der Waals surface area contributed by atoms with E-state index in [1.54, 1.807) is 0 Å². The van der Waals surface area contributed by atoms with Crippen molar-refractivity contribution in [3.8, 4) is 0 Å². The summed E-state index contributed by atoms with van der Waals surface area (Å²) in [6, 6.07) is 9.26. The van der Waals surface area contributed by atoms with Crippen LogP contribution in [0.4, 0.5) is 0 Å². The van der Waals surface area contributed by atoms with E-state index in [1.165, 1.54) is 75.3 Å². The standard InChI is InChI=1S/C19H31N/c1-2-3-4-5-6-7-8-13-19(20)18-14-16-11-9-10-12-17(16)15-18/h9-12,18-19H,2-8,13-15,20H2,1H3. The average molecular weight is 273 g/mol. The van der Waals surface area contributed by atoms with Crippen molar-refractivity contribution in [3.63, 3.8) is 0 Å². The largest absolute Gasteiger partial charge is 0.327 e. The molecule has 0 radical (unpaired) electrons. The fraction of sp³-hybridized carbons (Fsp3) is 0.684. The van der Waals surface area contributed by atoms with E-state index in [4.69, 9.17) is 5.73 Å². The Hall–Kier alpha value is -0.820. The van der Waals surface area contributed by atoms with Crippen LogP contribution < -0.4 is 5.73 Å². The SMILES string of the molecule is CCCCCCCCCC(N)C1Cc2ccccc2C1. The van der Waals surface area contributed by atoms with Crippen molar-refractivity contribution in [2.24, 2.45) is 11.7 Å². The van der Waals surface area contributed by atoms with Gasteiger partial charge in [0.05, 0.1) is 0 Å². The Bertz CT molecular complexity index is 360. The topological polar surface area (TPSA) is 26.0 Å². The molecule has 1 nitrogen and oxygen atoms in total. The molecule has 0 bridgehead atoms. The predicted molar refractivity (Wildman–Crippen MR) is 87.9 cm³/mol. The average Bonchev–Trinajstić information content (AvgIpc) is 2.90. The van der Waals surface area contributed by atoms with Gasteiger partial charge in [0.15, 0.2) is 0 Å². The monoisotopic (exact) mass is 273 g/mol. The maximum atomic E-state index is 6.42. The van der Waals surface area contributed by atoms with E-state index in [0.29, 0.717) is 12.0 Å². The van der Waals surface area contributed by atoms with Crippen LogP contribution in [0, 0.1) is 5.92 Å². The fourth-order valence-corrected chi connectivity index (χ4v) is 3.47. The van der Waals surface area contributed by atoms with Gasteiger partial charge in [-0.25, -0.2) is 0 Å². The number of hydrogen-bond acceptors (Lipinski definition) is 1. The van der Waals surface area contributed by atoms with Crippen LogP contribution >= 0.6 is 0 Å². The third-order valence-electron chi connectivity index (χ3n) is 4.83. The molecule has 1 unspecified atom stereocenters. The Balaban J connectivity index is 1.59. The summed E-state index contributed by atoms with van der Waals surface area (Å²) in [5.74, 6) is 0.687. The molecule has 112 valence electrons. The molecule has 1 aromatic rings. The number of benzene rings is 1. The summed E-state index contributed by atoms with van der Waals surface area (Å²) in [5.41, 5.74) is 9.49. The summed E-state index contributed by atoms with van der Waals surface area (Å²) in [6.45, 7) is 2.28. The van der Waals surface area contributed by atoms with Gasteiger partial charge < -0.3 is 5.73 Å². The molecule has 0 amide bonds. The molecular weight excluding hydrogens is 242 g/mol. The summed E-state index contributed by atoms with van der Waals surface area (Å²) in [5, 5.41) is 0. The van der Waals surface area contributed by atoms with Gasteiger partial charge in [-0.1, -0.05) is 76.1 Å². The predicted octanol–water partition coefficient (Wildman–Crippen LogP) is 4.87. The number of fused-ring (bicyclic) bond motifs is 1. The molecule has 0 heterocycles. The minimum absolute atomic E-state index is 0.401. The molecule has 0 fully saturated rings. The first-order chi connectivity index (χ1) is 9.81. The van der Waals surface area contributed by atoms with Crippen LogP contribution in [0.5, 0.6) is 0 Å². The smallest absolute Gasteiger partial charge is 0.00735 e. The van der Waals surface area contributed by atoms with Crippen LogP contribution in [-0.4, -0.2) is 6.04 Å². The van der Waals surface area contributed by atoms with Crippen LogP contribution in [0.3, 0.4) is 0 Å². The maximum Gasteiger partial charge on any atom is 0.00735 e. The molecular formula is C19H31N. The fourth-order valence-electron chi connectivity index (χ4n) is 3.47. The van der Waals surface area contributed by atoms with Gasteiger partial charge in [-0.15, -0.1) is 0 Å². The number of unbranched alkanes of at least 4 members (excludes halogenated alkanes) is 6. The van der Waals surface area contributed by atoms with Gasteiger partial charge in [0.2, 0.25) is 0 Å². The van der Waals surface area contributed by atoms with Crippen molar-refractivity contribution in [1.29, 1.82) is 0 Å². The lowest BCUT2D eigenvalue weighted by Gasteiger charge is -2.18. The van der Waals surface area contributed by atoms with Gasteiger partial charge in [0.25, 0.3) is 0 Å². The second-order valence-electron chi connectivity index (χ2n) is 6.51. The van der Waals surface area contributed by atoms with E-state index in [2.05, 4.69) is 31.2 Å². The summed E-state index contributed by atoms with van der Waals surface area (Å²) >= 11 is 0. The van der Waals surface area contributed by atoms with Crippen LogP contribution in [0.2, 0.25) is 0 Å². The van der Waals surface area contributed by atoms with Crippen LogP contribution in [0.15, 0.2) is 24.3 Å². The van der Waals surface area contributed by atoms with E-state index in [-0.39, 0.29) is 0 Å². The lowest BCUT2D eigenvalue weighted by molar-refractivity contribution is 0.400. The Labute approximate surface area is 125 Å². The molecule has 0 aromatic heterocycles. The quantitative estimate of drug-likeness (QED) is 0.638. The minimum atomic E-state index is 0.401. The normalized spacial score (nSPS) is 16.3. The molecule has 20 heavy (non-hydrogen) atoms. The zero-order chi connectivity index (χ0) is 14.2. The number of rotatable bonds is 9. The Kier molecular flexibility index (Phi) is 6.59. The number of hydrogen-bond donors (Lipinski definition) is 1. The highest BCUT2D eigenvalue weighted by molar-refractivity contribution is 5.32. The second kappa shape index (κ2) is 8.46. The van der Waals surface area contributed by atoms with Gasteiger partial charge >= 0.3 is 0 Å². The van der Waals surface area contributed by atoms with Crippen LogP contribution in [0.25, 0.3) is 0 Å². The summed E-state index contributed by atoms with van der Waals surface area (Å²) in [4.78, 5) is 0. The van der Waals surface area contributed by atoms with E-state index < -0.39 is 0 Å². The zero-order valence-corrected chi connectivity index (χ0v) is 13.1. The van der Waals surface area contributed by atoms with Crippen molar-refractivity contribution in [3.05, 3.63) is 35.4 Å². The lowest BCUT2D eigenvalue weighted by Crippen LogP contribution is -2.30. The van der Waals surface area contributed by atoms with E-state index in [0.717, 1.165) is 0 Å². The van der Waals surface area contributed by atoms with Gasteiger partial charge in [0, 0.05) is 6.04 Å². The second-order valence-corrected chi connectivity index (χ2v) is 6.51. The first kappa shape index (κ1) is 15.6. The van der Waals surface area contributed by atoms with Crippen molar-refractivity contribution >= 4 is 0 Å². The van der Waals surface area contributed by atoms with Crippen molar-refractivity contribution in [2.75, 3.05) is 0 Å². The lowest BCUT2D eigenvalue weighted by atomic mass is 9.92. The molecule has 1 atom stereocenters. The van der Waals surface area contributed by atoms with Gasteiger partial charge in [-0.3, -0.25) is 0 Å². The summed E-state index contributed by atoms with van der Waals surface area (Å²) in [6.07, 6.45) is 13.3. The zero-order valence-electron chi connectivity index (χ0n) is 13.1. The molecule has 1 aliphatic carbocycles. The van der Waals surface area contributed by atoms with Crippen molar-refractivity contribution in [1.82, 2.24) is 0 Å². The highest BCUT2D eigenvalue weighted by Crippen LogP contribution is 2.29. The molecule has 0 saturated carbocycles.